The van der Waals surface area contributed by atoms with Crippen molar-refractivity contribution in [2.45, 2.75) is 66.7 Å². The topological polar surface area (TPSA) is 24.4 Å². The van der Waals surface area contributed by atoms with Crippen molar-refractivity contribution >= 4 is 11.4 Å². The summed E-state index contributed by atoms with van der Waals surface area (Å²) in [5.74, 6) is 1.36. The third-order valence-electron chi connectivity index (χ3n) is 6.30. The lowest BCUT2D eigenvalue weighted by atomic mass is 9.91. The number of allylic oxidation sites excluding steroid dienone is 4. The highest BCUT2D eigenvalue weighted by Crippen LogP contribution is 2.35. The first-order valence-electron chi connectivity index (χ1n) is 11.2. The van der Waals surface area contributed by atoms with E-state index < -0.39 is 0 Å². The molecule has 0 spiro atoms. The molecule has 0 amide bonds. The number of hydrogen-bond donors (Lipinski definition) is 1. The second kappa shape index (κ2) is 9.47. The van der Waals surface area contributed by atoms with E-state index in [1.807, 2.05) is 0 Å². The Labute approximate surface area is 182 Å². The Balaban J connectivity index is 2.01. The zero-order valence-corrected chi connectivity index (χ0v) is 19.6. The number of hydrazone groups is 1. The molecule has 1 N–H and O–H groups in total. The molecule has 1 atom stereocenters. The number of hydrogen-bond acceptors (Lipinski definition) is 2. The van der Waals surface area contributed by atoms with Gasteiger partial charge in [0.25, 0.3) is 0 Å². The first kappa shape index (κ1) is 22.1. The maximum absolute atomic E-state index is 5.02. The van der Waals surface area contributed by atoms with Crippen LogP contribution in [-0.4, -0.2) is 5.71 Å². The normalized spacial score (nSPS) is 17.2. The van der Waals surface area contributed by atoms with Crippen LogP contribution >= 0.6 is 0 Å². The number of anilines is 1. The van der Waals surface area contributed by atoms with Gasteiger partial charge in [0.2, 0.25) is 0 Å². The van der Waals surface area contributed by atoms with Gasteiger partial charge in [0.15, 0.2) is 0 Å². The highest BCUT2D eigenvalue weighted by molar-refractivity contribution is 6.02. The highest BCUT2D eigenvalue weighted by Gasteiger charge is 2.21. The maximum atomic E-state index is 5.02. The van der Waals surface area contributed by atoms with E-state index in [9.17, 15) is 0 Å². The lowest BCUT2D eigenvalue weighted by Gasteiger charge is -2.20. The van der Waals surface area contributed by atoms with Crippen molar-refractivity contribution in [3.8, 4) is 0 Å². The van der Waals surface area contributed by atoms with Crippen LogP contribution < -0.4 is 5.43 Å². The molecule has 1 aliphatic rings. The van der Waals surface area contributed by atoms with E-state index >= 15 is 0 Å². The third kappa shape index (κ3) is 4.75. The van der Waals surface area contributed by atoms with E-state index in [1.54, 1.807) is 0 Å². The number of nitrogens with one attached hydrogen (secondary N) is 1. The van der Waals surface area contributed by atoms with Gasteiger partial charge in [-0.1, -0.05) is 106 Å². The van der Waals surface area contributed by atoms with E-state index in [1.165, 1.54) is 33.4 Å². The number of nitrogens with zero attached hydrogens (tertiary/aromatic N) is 1. The molecule has 0 saturated heterocycles. The van der Waals surface area contributed by atoms with Gasteiger partial charge in [0.1, 0.15) is 0 Å². The molecule has 0 bridgehead atoms. The monoisotopic (exact) mass is 400 g/mol. The summed E-state index contributed by atoms with van der Waals surface area (Å²) in [5, 5.41) is 5.02. The first-order valence-corrected chi connectivity index (χ1v) is 11.2. The lowest BCUT2D eigenvalue weighted by Crippen LogP contribution is -2.11. The van der Waals surface area contributed by atoms with Crippen LogP contribution in [-0.2, 0) is 0 Å². The lowest BCUT2D eigenvalue weighted by molar-refractivity contribution is 0.799. The van der Waals surface area contributed by atoms with Gasteiger partial charge in [0, 0.05) is 6.42 Å². The molecule has 2 aromatic carbocycles. The number of benzene rings is 2. The summed E-state index contributed by atoms with van der Waals surface area (Å²) in [6.45, 7) is 15.7. The Bertz CT molecular complexity index is 949. The first-order chi connectivity index (χ1) is 14.3. The zero-order chi connectivity index (χ0) is 21.8. The fourth-order valence-electron chi connectivity index (χ4n) is 4.29. The van der Waals surface area contributed by atoms with Gasteiger partial charge in [-0.2, -0.15) is 5.10 Å². The molecule has 2 aromatic rings. The van der Waals surface area contributed by atoms with E-state index in [0.717, 1.165) is 17.8 Å². The predicted molar refractivity (Wildman–Crippen MR) is 131 cm³/mol. The minimum Gasteiger partial charge on any atom is -0.278 e. The number of para-hydroxylation sites is 1. The van der Waals surface area contributed by atoms with E-state index in [-0.39, 0.29) is 0 Å². The quantitative estimate of drug-likeness (QED) is 0.369. The average molecular weight is 401 g/mol. The van der Waals surface area contributed by atoms with Gasteiger partial charge < -0.3 is 0 Å². The molecule has 158 valence electrons. The van der Waals surface area contributed by atoms with Crippen LogP contribution in [0.4, 0.5) is 5.69 Å². The van der Waals surface area contributed by atoms with Crippen molar-refractivity contribution in [1.29, 1.82) is 0 Å². The molecule has 0 heterocycles. The largest absolute Gasteiger partial charge is 0.278 e. The van der Waals surface area contributed by atoms with Crippen molar-refractivity contribution in [2.24, 2.45) is 11.0 Å². The second-order valence-corrected chi connectivity index (χ2v) is 9.15. The molecular formula is C28H36N2. The third-order valence-corrected chi connectivity index (χ3v) is 6.30. The van der Waals surface area contributed by atoms with E-state index in [4.69, 9.17) is 5.10 Å². The molecule has 1 unspecified atom stereocenters. The summed E-state index contributed by atoms with van der Waals surface area (Å²) >= 11 is 0. The molecule has 2 heteroatoms. The Morgan fingerprint density at radius 3 is 2.00 bits per heavy atom. The fraction of sp³-hybridized carbons (Fsp3) is 0.393. The summed E-state index contributed by atoms with van der Waals surface area (Å²) in [6, 6.07) is 17.2. The van der Waals surface area contributed by atoms with Crippen LogP contribution in [0.15, 0.2) is 76.4 Å². The van der Waals surface area contributed by atoms with Crippen LogP contribution in [0, 0.1) is 5.92 Å². The molecule has 0 radical (unpaired) electrons. The van der Waals surface area contributed by atoms with Gasteiger partial charge in [-0.05, 0) is 48.3 Å². The van der Waals surface area contributed by atoms with E-state index in [2.05, 4.69) is 108 Å². The Kier molecular flexibility index (Phi) is 6.97. The van der Waals surface area contributed by atoms with Crippen LogP contribution in [0.5, 0.6) is 0 Å². The van der Waals surface area contributed by atoms with Crippen molar-refractivity contribution in [1.82, 2.24) is 0 Å². The van der Waals surface area contributed by atoms with Gasteiger partial charge in [-0.15, -0.1) is 0 Å². The van der Waals surface area contributed by atoms with Crippen LogP contribution in [0.25, 0.3) is 0 Å². The van der Waals surface area contributed by atoms with Gasteiger partial charge in [0.05, 0.1) is 11.4 Å². The van der Waals surface area contributed by atoms with Crippen LogP contribution in [0.2, 0.25) is 0 Å². The van der Waals surface area contributed by atoms with Crippen molar-refractivity contribution in [3.63, 3.8) is 0 Å². The maximum Gasteiger partial charge on any atom is 0.0720 e. The van der Waals surface area contributed by atoms with Crippen LogP contribution in [0.1, 0.15) is 83.4 Å². The minimum atomic E-state index is 0.438. The highest BCUT2D eigenvalue weighted by atomic mass is 15.3. The van der Waals surface area contributed by atoms with Gasteiger partial charge >= 0.3 is 0 Å². The van der Waals surface area contributed by atoms with Gasteiger partial charge in [-0.3, -0.25) is 5.43 Å². The fourth-order valence-corrected chi connectivity index (χ4v) is 4.29. The van der Waals surface area contributed by atoms with Crippen molar-refractivity contribution < 1.29 is 0 Å². The minimum absolute atomic E-state index is 0.438. The standard InChI is InChI=1S/C28H36N2/c1-18(2)24-14-11-15-25(19(3)4)28(24)30-29-27(23-12-9-8-10-13-23)17-26-21(6)16-20(5)22(26)7/h8-16,18-19,22,30H,17H2,1-7H3. The molecular weight excluding hydrogens is 364 g/mol. The summed E-state index contributed by atoms with van der Waals surface area (Å²) in [7, 11) is 0. The molecule has 3 rings (SSSR count). The predicted octanol–water partition coefficient (Wildman–Crippen LogP) is 8.05. The Hall–Kier alpha value is -2.61. The summed E-state index contributed by atoms with van der Waals surface area (Å²) in [4.78, 5) is 0. The molecule has 0 fully saturated rings. The molecule has 2 nitrogen and oxygen atoms in total. The zero-order valence-electron chi connectivity index (χ0n) is 19.6. The molecule has 0 aliphatic heterocycles. The SMILES string of the molecule is CC1=CC(C)=C(CC(=NNc2c(C(C)C)cccc2C(C)C)c2ccccc2)C1C. The molecule has 0 aromatic heterocycles. The Morgan fingerprint density at radius 2 is 1.50 bits per heavy atom. The van der Waals surface area contributed by atoms with Gasteiger partial charge in [-0.25, -0.2) is 0 Å². The van der Waals surface area contributed by atoms with E-state index in [0.29, 0.717) is 17.8 Å². The Morgan fingerprint density at radius 1 is 0.900 bits per heavy atom. The van der Waals surface area contributed by atoms with Crippen LogP contribution in [0.3, 0.4) is 0 Å². The van der Waals surface area contributed by atoms with Crippen molar-refractivity contribution in [2.75, 3.05) is 5.43 Å². The molecule has 30 heavy (non-hydrogen) atoms. The average Bonchev–Trinajstić information content (AvgIpc) is 2.96. The van der Waals surface area contributed by atoms with Crippen molar-refractivity contribution in [3.05, 3.63) is 88.0 Å². The summed E-state index contributed by atoms with van der Waals surface area (Å²) < 4.78 is 0. The second-order valence-electron chi connectivity index (χ2n) is 9.15. The summed E-state index contributed by atoms with van der Waals surface area (Å²) in [6.07, 6.45) is 3.18. The smallest absolute Gasteiger partial charge is 0.0720 e. The number of rotatable bonds is 7. The molecule has 0 saturated carbocycles. The summed E-state index contributed by atoms with van der Waals surface area (Å²) in [5.41, 5.74) is 13.9. The molecule has 1 aliphatic carbocycles.